The monoisotopic (exact) mass is 548 g/mol. The summed E-state index contributed by atoms with van der Waals surface area (Å²) in [6.45, 7) is 3.31. The topological polar surface area (TPSA) is 164 Å². The van der Waals surface area contributed by atoms with Gasteiger partial charge in [-0.05, 0) is 57.8 Å². The molecule has 0 unspecified atom stereocenters. The molecule has 3 atom stereocenters. The van der Waals surface area contributed by atoms with E-state index in [0.29, 0.717) is 64.7 Å². The van der Waals surface area contributed by atoms with Gasteiger partial charge in [0.05, 0.1) is 13.2 Å². The fraction of sp³-hybridized carbons (Fsp3) is 0.731. The highest BCUT2D eigenvalue weighted by Gasteiger charge is 2.54. The van der Waals surface area contributed by atoms with Crippen molar-refractivity contribution in [1.82, 2.24) is 18.9 Å². The van der Waals surface area contributed by atoms with Gasteiger partial charge in [0, 0.05) is 38.0 Å². The Labute approximate surface area is 225 Å². The summed E-state index contributed by atoms with van der Waals surface area (Å²) < 4.78 is 21.3. The van der Waals surface area contributed by atoms with Crippen LogP contribution in [0.2, 0.25) is 0 Å². The number of nitrogens with two attached hydrogens (primary N) is 1. The van der Waals surface area contributed by atoms with Crippen molar-refractivity contribution in [3.05, 3.63) is 26.4 Å². The molecule has 2 aliphatic heterocycles. The van der Waals surface area contributed by atoms with Crippen LogP contribution in [0, 0.1) is 23.2 Å². The number of alkyl halides is 1. The number of amidine groups is 1. The van der Waals surface area contributed by atoms with Crippen LogP contribution < -0.4 is 17.0 Å². The van der Waals surface area contributed by atoms with E-state index in [9.17, 15) is 28.7 Å². The van der Waals surface area contributed by atoms with Gasteiger partial charge >= 0.3 is 11.7 Å². The van der Waals surface area contributed by atoms with Crippen LogP contribution in [0.3, 0.4) is 0 Å². The number of aromatic nitrogens is 2. The molecule has 0 spiro atoms. The molecule has 3 heterocycles. The summed E-state index contributed by atoms with van der Waals surface area (Å²) in [7, 11) is 1.50. The molecule has 2 saturated heterocycles. The van der Waals surface area contributed by atoms with Crippen LogP contribution in [0.5, 0.6) is 5.88 Å². The van der Waals surface area contributed by atoms with Gasteiger partial charge in [0.15, 0.2) is 0 Å². The third-order valence-electron chi connectivity index (χ3n) is 9.25. The number of rotatable bonds is 8. The predicted octanol–water partition coefficient (Wildman–Crippen LogP) is 1.17. The Morgan fingerprint density at radius 1 is 1.08 bits per heavy atom. The molecule has 0 radical (unpaired) electrons. The number of halogens is 1. The lowest BCUT2D eigenvalue weighted by atomic mass is 9.77. The van der Waals surface area contributed by atoms with Gasteiger partial charge < -0.3 is 20.5 Å². The van der Waals surface area contributed by atoms with E-state index in [4.69, 9.17) is 15.9 Å². The summed E-state index contributed by atoms with van der Waals surface area (Å²) in [6.07, 6.45) is 2.48. The molecule has 1 aromatic heterocycles. The Hall–Kier alpha value is -3.22. The first-order valence-corrected chi connectivity index (χ1v) is 13.7. The zero-order chi connectivity index (χ0) is 28.2. The van der Waals surface area contributed by atoms with Gasteiger partial charge in [-0.15, -0.1) is 0 Å². The van der Waals surface area contributed by atoms with Crippen LogP contribution in [-0.4, -0.2) is 80.3 Å². The number of hydrogen-bond acceptors (Lipinski definition) is 7. The van der Waals surface area contributed by atoms with Crippen molar-refractivity contribution >= 4 is 17.8 Å². The standard InChI is InChI=1S/C26H37FN6O6/c1-26(23(36)30(2)24(37)32(26)10-15-12-39-13-15)9-14-3-6-17(7-4-14)33-22(35)19(20(28)29)21(34)31(25(33)38)11-16-5-8-18(16)27/h14-18,34H,3-13H2,1-2H3,(H3,28,29)/t14?,16-,17?,18-,26-/m0/s1. The third kappa shape index (κ3) is 4.53. The van der Waals surface area contributed by atoms with E-state index < -0.39 is 52.2 Å². The molecule has 39 heavy (non-hydrogen) atoms. The number of imide groups is 1. The van der Waals surface area contributed by atoms with Crippen LogP contribution in [0.1, 0.15) is 63.5 Å². The van der Waals surface area contributed by atoms with Gasteiger partial charge in [-0.25, -0.2) is 14.0 Å². The first-order valence-electron chi connectivity index (χ1n) is 13.7. The fourth-order valence-electron chi connectivity index (χ4n) is 6.60. The molecule has 214 valence electrons. The van der Waals surface area contributed by atoms with Gasteiger partial charge in [-0.3, -0.25) is 29.0 Å². The molecule has 4 aliphatic rings. The van der Waals surface area contributed by atoms with Crippen LogP contribution >= 0.6 is 0 Å². The van der Waals surface area contributed by atoms with Gasteiger partial charge in [0.25, 0.3) is 11.5 Å². The van der Waals surface area contributed by atoms with Crippen molar-refractivity contribution in [2.24, 2.45) is 23.5 Å². The molecule has 4 N–H and O–H groups in total. The lowest BCUT2D eigenvalue weighted by Crippen LogP contribution is -2.52. The fourth-order valence-corrected chi connectivity index (χ4v) is 6.60. The number of nitrogen functional groups attached to an aromatic ring is 1. The van der Waals surface area contributed by atoms with Crippen molar-refractivity contribution in [2.45, 2.75) is 76.2 Å². The molecule has 5 rings (SSSR count). The number of hydrogen-bond donors (Lipinski definition) is 3. The average Bonchev–Trinajstić information content (AvgIpc) is 3.00. The number of aromatic hydroxyl groups is 1. The van der Waals surface area contributed by atoms with Crippen molar-refractivity contribution in [3.8, 4) is 5.88 Å². The molecule has 2 saturated carbocycles. The van der Waals surface area contributed by atoms with E-state index in [1.54, 1.807) is 4.90 Å². The van der Waals surface area contributed by atoms with Crippen LogP contribution in [-0.2, 0) is 16.1 Å². The molecular formula is C26H37FN6O6. The zero-order valence-electron chi connectivity index (χ0n) is 22.4. The molecule has 0 bridgehead atoms. The second-order valence-corrected chi connectivity index (χ2v) is 11.8. The largest absolute Gasteiger partial charge is 0.494 e. The average molecular weight is 549 g/mol. The Bertz CT molecular complexity index is 1300. The number of urea groups is 1. The van der Waals surface area contributed by atoms with Crippen molar-refractivity contribution < 1.29 is 23.8 Å². The quantitative estimate of drug-likeness (QED) is 0.249. The van der Waals surface area contributed by atoms with Gasteiger partial charge in [0.2, 0.25) is 5.88 Å². The number of nitrogens with zero attached hydrogens (tertiary/aromatic N) is 4. The summed E-state index contributed by atoms with van der Waals surface area (Å²) in [6, 6.07) is -0.800. The van der Waals surface area contributed by atoms with Crippen LogP contribution in [0.25, 0.3) is 0 Å². The van der Waals surface area contributed by atoms with Gasteiger partial charge in [-0.1, -0.05) is 0 Å². The van der Waals surface area contributed by atoms with E-state index in [-0.39, 0.29) is 30.3 Å². The lowest BCUT2D eigenvalue weighted by molar-refractivity contribution is -0.133. The number of carbonyl (C=O) groups excluding carboxylic acids is 2. The smallest absolute Gasteiger partial charge is 0.334 e. The SMILES string of the molecule is CN1C(=O)N(CC2COC2)[C@@](C)(CC2CCC(n3c(=O)c(C(=N)N)c(O)n(C[C@@H]4CC[C@@H]4F)c3=O)CC2)C1=O. The van der Waals surface area contributed by atoms with Gasteiger partial charge in [0.1, 0.15) is 23.1 Å². The summed E-state index contributed by atoms with van der Waals surface area (Å²) in [5.74, 6) is -1.75. The van der Waals surface area contributed by atoms with E-state index >= 15 is 0 Å². The minimum atomic E-state index is -1.09. The number of ether oxygens (including phenoxy) is 1. The number of carbonyl (C=O) groups is 2. The summed E-state index contributed by atoms with van der Waals surface area (Å²) >= 11 is 0. The Balaban J connectivity index is 1.35. The van der Waals surface area contributed by atoms with Crippen molar-refractivity contribution in [1.29, 1.82) is 5.41 Å². The number of nitrogens with one attached hydrogen (secondary N) is 1. The van der Waals surface area contributed by atoms with E-state index in [2.05, 4.69) is 0 Å². The molecule has 2 aliphatic carbocycles. The Morgan fingerprint density at radius 2 is 1.74 bits per heavy atom. The minimum Gasteiger partial charge on any atom is -0.494 e. The summed E-state index contributed by atoms with van der Waals surface area (Å²) in [4.78, 5) is 55.5. The predicted molar refractivity (Wildman–Crippen MR) is 138 cm³/mol. The number of amides is 3. The first-order chi connectivity index (χ1) is 18.4. The molecule has 12 nitrogen and oxygen atoms in total. The second-order valence-electron chi connectivity index (χ2n) is 11.8. The van der Waals surface area contributed by atoms with E-state index in [1.165, 1.54) is 11.9 Å². The number of likely N-dealkylation sites (N-methyl/N-ethyl adjacent to an activating group) is 1. The second kappa shape index (κ2) is 10.1. The van der Waals surface area contributed by atoms with Gasteiger partial charge in [-0.2, -0.15) is 0 Å². The normalized spacial score (nSPS) is 31.4. The molecule has 1 aromatic rings. The maximum atomic E-state index is 14.0. The highest BCUT2D eigenvalue weighted by atomic mass is 19.1. The maximum Gasteiger partial charge on any atom is 0.334 e. The summed E-state index contributed by atoms with van der Waals surface area (Å²) in [5.41, 5.74) is 2.62. The van der Waals surface area contributed by atoms with Crippen molar-refractivity contribution in [2.75, 3.05) is 26.8 Å². The van der Waals surface area contributed by atoms with Crippen LogP contribution in [0.4, 0.5) is 9.18 Å². The first kappa shape index (κ1) is 27.4. The van der Waals surface area contributed by atoms with Crippen molar-refractivity contribution in [3.63, 3.8) is 0 Å². The minimum absolute atomic E-state index is 0.0826. The van der Waals surface area contributed by atoms with Crippen LogP contribution in [0.15, 0.2) is 9.59 Å². The Morgan fingerprint density at radius 3 is 2.26 bits per heavy atom. The highest BCUT2D eigenvalue weighted by Crippen LogP contribution is 2.41. The molecular weight excluding hydrogens is 511 g/mol. The lowest BCUT2D eigenvalue weighted by Gasteiger charge is -2.40. The zero-order valence-corrected chi connectivity index (χ0v) is 22.4. The van der Waals surface area contributed by atoms with E-state index in [0.717, 1.165) is 9.13 Å². The molecule has 4 fully saturated rings. The Kier molecular flexibility index (Phi) is 7.06. The molecule has 3 amide bonds. The molecule has 0 aromatic carbocycles. The molecule has 13 heteroatoms. The highest BCUT2D eigenvalue weighted by molar-refractivity contribution is 6.06. The van der Waals surface area contributed by atoms with E-state index in [1.807, 2.05) is 6.92 Å². The maximum absolute atomic E-state index is 14.0. The third-order valence-corrected chi connectivity index (χ3v) is 9.25. The summed E-state index contributed by atoms with van der Waals surface area (Å²) in [5, 5.41) is 18.5.